The maximum atomic E-state index is 11.4. The summed E-state index contributed by atoms with van der Waals surface area (Å²) in [5.41, 5.74) is 1.97. The third-order valence-electron chi connectivity index (χ3n) is 3.24. The molecule has 2 heterocycles. The molecule has 0 saturated carbocycles. The molecule has 3 rings (SSSR count). The first-order chi connectivity index (χ1) is 9.15. The van der Waals surface area contributed by atoms with Crippen molar-refractivity contribution in [1.82, 2.24) is 20.2 Å². The third kappa shape index (κ3) is 2.03. The van der Waals surface area contributed by atoms with Gasteiger partial charge in [0.05, 0.1) is 13.6 Å². The highest BCUT2D eigenvalue weighted by molar-refractivity contribution is 5.82. The van der Waals surface area contributed by atoms with E-state index >= 15 is 0 Å². The first kappa shape index (κ1) is 11.6. The van der Waals surface area contributed by atoms with E-state index in [9.17, 15) is 9.90 Å². The molecular weight excluding hydrogens is 246 g/mol. The number of aromatic nitrogens is 4. The van der Waals surface area contributed by atoms with Gasteiger partial charge >= 0.3 is 5.97 Å². The molecule has 1 N–H and O–H groups in total. The van der Waals surface area contributed by atoms with Crippen molar-refractivity contribution < 1.29 is 9.90 Å². The Morgan fingerprint density at radius 1 is 1.47 bits per heavy atom. The Kier molecular flexibility index (Phi) is 2.66. The Balaban J connectivity index is 1.93. The first-order valence-electron chi connectivity index (χ1n) is 5.95. The summed E-state index contributed by atoms with van der Waals surface area (Å²) in [6, 6.07) is 7.13. The number of carboxylic acid groups (broad SMARTS) is 1. The summed E-state index contributed by atoms with van der Waals surface area (Å²) in [4.78, 5) is 14.6. The molecule has 2 aromatic rings. The number of anilines is 1. The lowest BCUT2D eigenvalue weighted by Gasteiger charge is -2.22. The fraction of sp³-hybridized carbons (Fsp3) is 0.333. The lowest BCUT2D eigenvalue weighted by atomic mass is 10.1. The van der Waals surface area contributed by atoms with Crippen molar-refractivity contribution in [3.05, 3.63) is 35.7 Å². The van der Waals surface area contributed by atoms with E-state index in [1.165, 1.54) is 4.80 Å². The molecule has 7 heteroatoms. The minimum Gasteiger partial charge on any atom is -0.480 e. The van der Waals surface area contributed by atoms with Crippen LogP contribution in [0.2, 0.25) is 0 Å². The predicted octanol–water partition coefficient (Wildman–Crippen LogP) is 0.226. The molecule has 1 aliphatic heterocycles. The van der Waals surface area contributed by atoms with Crippen LogP contribution in [0.15, 0.2) is 24.3 Å². The quantitative estimate of drug-likeness (QED) is 0.849. The summed E-state index contributed by atoms with van der Waals surface area (Å²) in [7, 11) is 1.68. The van der Waals surface area contributed by atoms with E-state index in [-0.39, 0.29) is 0 Å². The predicted molar refractivity (Wildman–Crippen MR) is 66.6 cm³/mol. The Hall–Kier alpha value is -2.44. The second-order valence-corrected chi connectivity index (χ2v) is 4.51. The molecule has 0 amide bonds. The number of carbonyl (C=O) groups is 1. The molecule has 0 saturated heterocycles. The summed E-state index contributed by atoms with van der Waals surface area (Å²) in [5.74, 6) is -0.314. The highest BCUT2D eigenvalue weighted by atomic mass is 16.4. The molecular formula is C12H13N5O2. The number of tetrazole rings is 1. The zero-order valence-electron chi connectivity index (χ0n) is 10.4. The fourth-order valence-electron chi connectivity index (χ4n) is 2.41. The molecule has 1 aromatic heterocycles. The molecule has 0 aliphatic carbocycles. The molecule has 19 heavy (non-hydrogen) atoms. The van der Waals surface area contributed by atoms with E-state index in [1.54, 1.807) is 7.05 Å². The third-order valence-corrected chi connectivity index (χ3v) is 3.24. The van der Waals surface area contributed by atoms with Crippen molar-refractivity contribution >= 4 is 11.7 Å². The number of para-hydroxylation sites is 1. The minimum atomic E-state index is -0.833. The number of carboxylic acids is 1. The van der Waals surface area contributed by atoms with Gasteiger partial charge in [-0.05, 0) is 16.8 Å². The van der Waals surface area contributed by atoms with Gasteiger partial charge in [-0.25, -0.2) is 4.79 Å². The van der Waals surface area contributed by atoms with Crippen molar-refractivity contribution in [2.24, 2.45) is 7.05 Å². The summed E-state index contributed by atoms with van der Waals surface area (Å²) in [5, 5.41) is 21.1. The van der Waals surface area contributed by atoms with Crippen molar-refractivity contribution in [2.75, 3.05) is 4.90 Å². The Labute approximate surface area is 109 Å². The molecule has 0 bridgehead atoms. The number of aliphatic carboxylic acids is 1. The van der Waals surface area contributed by atoms with Crippen LogP contribution in [0.25, 0.3) is 0 Å². The molecule has 1 atom stereocenters. The van der Waals surface area contributed by atoms with Crippen LogP contribution in [0.1, 0.15) is 11.4 Å². The van der Waals surface area contributed by atoms with Crippen LogP contribution in [-0.2, 0) is 24.8 Å². The number of aryl methyl sites for hydroxylation is 1. The van der Waals surface area contributed by atoms with Gasteiger partial charge in [-0.2, -0.15) is 4.80 Å². The lowest BCUT2D eigenvalue weighted by molar-refractivity contribution is -0.138. The van der Waals surface area contributed by atoms with E-state index in [1.807, 2.05) is 29.2 Å². The Morgan fingerprint density at radius 3 is 2.95 bits per heavy atom. The smallest absolute Gasteiger partial charge is 0.326 e. The highest BCUT2D eigenvalue weighted by Gasteiger charge is 2.34. The van der Waals surface area contributed by atoms with Crippen LogP contribution in [-0.4, -0.2) is 37.3 Å². The lowest BCUT2D eigenvalue weighted by Crippen LogP contribution is -2.38. The summed E-state index contributed by atoms with van der Waals surface area (Å²) in [6.07, 6.45) is 0.506. The zero-order chi connectivity index (χ0) is 13.4. The molecule has 0 spiro atoms. The van der Waals surface area contributed by atoms with E-state index in [0.717, 1.165) is 11.3 Å². The minimum absolute atomic E-state index is 0.349. The van der Waals surface area contributed by atoms with Gasteiger partial charge in [0.15, 0.2) is 5.82 Å². The largest absolute Gasteiger partial charge is 0.480 e. The van der Waals surface area contributed by atoms with Gasteiger partial charge in [0.2, 0.25) is 0 Å². The highest BCUT2D eigenvalue weighted by Crippen LogP contribution is 2.32. The van der Waals surface area contributed by atoms with E-state index in [2.05, 4.69) is 15.4 Å². The number of rotatable bonds is 3. The Morgan fingerprint density at radius 2 is 2.26 bits per heavy atom. The molecule has 98 valence electrons. The van der Waals surface area contributed by atoms with E-state index < -0.39 is 12.0 Å². The molecule has 1 aliphatic rings. The normalized spacial score (nSPS) is 17.5. The zero-order valence-corrected chi connectivity index (χ0v) is 10.4. The molecule has 1 unspecified atom stereocenters. The van der Waals surface area contributed by atoms with E-state index in [4.69, 9.17) is 0 Å². The van der Waals surface area contributed by atoms with Gasteiger partial charge < -0.3 is 10.0 Å². The van der Waals surface area contributed by atoms with Gasteiger partial charge in [0.25, 0.3) is 0 Å². The maximum Gasteiger partial charge on any atom is 0.326 e. The standard InChI is InChI=1S/C12H13N5O2/c1-16-14-11(13-15-16)7-17-9-5-3-2-4-8(9)6-10(17)12(18)19/h2-5,10H,6-7H2,1H3,(H,18,19). The summed E-state index contributed by atoms with van der Waals surface area (Å²) >= 11 is 0. The SMILES string of the molecule is Cn1nnc(CN2c3ccccc3CC2C(=O)O)n1. The van der Waals surface area contributed by atoms with Gasteiger partial charge in [0, 0.05) is 12.1 Å². The van der Waals surface area contributed by atoms with Gasteiger partial charge in [-0.3, -0.25) is 0 Å². The molecule has 0 radical (unpaired) electrons. The average Bonchev–Trinajstić information content (AvgIpc) is 2.95. The number of hydrogen-bond acceptors (Lipinski definition) is 5. The van der Waals surface area contributed by atoms with Crippen LogP contribution in [0.3, 0.4) is 0 Å². The Bertz CT molecular complexity index is 624. The van der Waals surface area contributed by atoms with E-state index in [0.29, 0.717) is 18.8 Å². The monoisotopic (exact) mass is 259 g/mol. The van der Waals surface area contributed by atoms with Crippen molar-refractivity contribution in [1.29, 1.82) is 0 Å². The first-order valence-corrected chi connectivity index (χ1v) is 5.95. The van der Waals surface area contributed by atoms with Crippen LogP contribution in [0.4, 0.5) is 5.69 Å². The second kappa shape index (κ2) is 4.34. The number of hydrogen-bond donors (Lipinski definition) is 1. The van der Waals surface area contributed by atoms with Gasteiger partial charge in [-0.15, -0.1) is 10.2 Å². The number of fused-ring (bicyclic) bond motifs is 1. The molecule has 7 nitrogen and oxygen atoms in total. The second-order valence-electron chi connectivity index (χ2n) is 4.51. The average molecular weight is 259 g/mol. The van der Waals surface area contributed by atoms with Crippen LogP contribution >= 0.6 is 0 Å². The maximum absolute atomic E-state index is 11.4. The molecule has 1 aromatic carbocycles. The summed E-state index contributed by atoms with van der Waals surface area (Å²) in [6.45, 7) is 0.349. The van der Waals surface area contributed by atoms with Crippen LogP contribution in [0.5, 0.6) is 0 Å². The number of nitrogens with zero attached hydrogens (tertiary/aromatic N) is 5. The van der Waals surface area contributed by atoms with Gasteiger partial charge in [-0.1, -0.05) is 18.2 Å². The van der Waals surface area contributed by atoms with Gasteiger partial charge in [0.1, 0.15) is 6.04 Å². The van der Waals surface area contributed by atoms with Crippen LogP contribution in [0, 0.1) is 0 Å². The van der Waals surface area contributed by atoms with Crippen molar-refractivity contribution in [3.8, 4) is 0 Å². The van der Waals surface area contributed by atoms with Crippen molar-refractivity contribution in [2.45, 2.75) is 19.0 Å². The molecule has 0 fully saturated rings. The fourth-order valence-corrected chi connectivity index (χ4v) is 2.41. The van der Waals surface area contributed by atoms with Crippen molar-refractivity contribution in [3.63, 3.8) is 0 Å². The summed E-state index contributed by atoms with van der Waals surface area (Å²) < 4.78 is 0. The number of benzene rings is 1. The topological polar surface area (TPSA) is 84.1 Å². The van der Waals surface area contributed by atoms with Crippen LogP contribution < -0.4 is 4.90 Å².